The van der Waals surface area contributed by atoms with Crippen LogP contribution in [-0.4, -0.2) is 64.8 Å². The summed E-state index contributed by atoms with van der Waals surface area (Å²) in [5.41, 5.74) is 19.7. The van der Waals surface area contributed by atoms with Gasteiger partial charge in [-0.1, -0.05) is 187 Å². The van der Waals surface area contributed by atoms with Crippen LogP contribution in [-0.2, 0) is 0 Å². The summed E-state index contributed by atoms with van der Waals surface area (Å²) >= 11 is 0. The number of aromatic nitrogens is 13. The molecule has 540 valence electrons. The first-order chi connectivity index (χ1) is 53.7. The SMILES string of the molecule is Cc1cc2ccccc2cn1.Cc1ccc2ccccc2n1.Cc1ccc2cccnc2c1.Cc1ccc2ccncc2c1.Cc1ccc2ncccc2c1.Cc1cccc2ncncc12.Cc1cnc2ccccc2c1.Cc1cnc2ccccc2n1.Cc1nccc2ccccc12.Cc1ncnc2ccccc12. The van der Waals surface area contributed by atoms with Crippen molar-refractivity contribution in [2.75, 3.05) is 0 Å². The van der Waals surface area contributed by atoms with Gasteiger partial charge in [-0.25, -0.2) is 24.9 Å². The molecular weight excluding hydrogens is 1350 g/mol. The lowest BCUT2D eigenvalue weighted by atomic mass is 10.1. The third-order valence-electron chi connectivity index (χ3n) is 17.5. The number of pyridine rings is 7. The van der Waals surface area contributed by atoms with Crippen LogP contribution in [0.1, 0.15) is 56.3 Å². The number of para-hydroxylation sites is 5. The fraction of sp³-hybridized carbons (Fsp3) is 0.103. The van der Waals surface area contributed by atoms with Crippen molar-refractivity contribution in [2.45, 2.75) is 69.2 Å². The van der Waals surface area contributed by atoms with Gasteiger partial charge < -0.3 is 0 Å². The van der Waals surface area contributed by atoms with Crippen LogP contribution in [0, 0.1) is 69.2 Å². The minimum absolute atomic E-state index is 0.957. The van der Waals surface area contributed by atoms with Gasteiger partial charge in [0.05, 0.1) is 49.8 Å². The highest BCUT2D eigenvalue weighted by Crippen LogP contribution is 2.20. The quantitative estimate of drug-likeness (QED) is 0.141. The Balaban J connectivity index is 0.000000121. The maximum atomic E-state index is 4.38. The topological polar surface area (TPSA) is 168 Å². The molecule has 0 radical (unpaired) electrons. The molecule has 110 heavy (non-hydrogen) atoms. The molecule has 0 saturated heterocycles. The molecule has 0 atom stereocenters. The van der Waals surface area contributed by atoms with Crippen LogP contribution in [0.5, 0.6) is 0 Å². The summed E-state index contributed by atoms with van der Waals surface area (Å²) in [6.45, 7) is 20.3. The summed E-state index contributed by atoms with van der Waals surface area (Å²) in [5.74, 6) is 0. The van der Waals surface area contributed by atoms with Gasteiger partial charge in [-0.2, -0.15) is 0 Å². The second-order valence-corrected chi connectivity index (χ2v) is 26.3. The summed E-state index contributed by atoms with van der Waals surface area (Å²) in [4.78, 5) is 54.4. The Morgan fingerprint density at radius 1 is 0.191 bits per heavy atom. The summed E-state index contributed by atoms with van der Waals surface area (Å²) in [5, 5.41) is 14.6. The van der Waals surface area contributed by atoms with Gasteiger partial charge in [0.1, 0.15) is 12.7 Å². The minimum atomic E-state index is 0.957. The fourth-order valence-corrected chi connectivity index (χ4v) is 11.7. The third kappa shape index (κ3) is 22.8. The van der Waals surface area contributed by atoms with Gasteiger partial charge in [0.25, 0.3) is 0 Å². The number of benzene rings is 10. The smallest absolute Gasteiger partial charge is 0.116 e. The Bertz CT molecular complexity index is 5380. The highest BCUT2D eigenvalue weighted by molar-refractivity contribution is 5.86. The molecule has 0 spiro atoms. The fourth-order valence-electron chi connectivity index (χ4n) is 11.7. The molecule has 10 aromatic heterocycles. The monoisotopic (exact) mass is 1430 g/mol. The molecule has 10 aromatic carbocycles. The molecular formula is C97H87N13. The standard InChI is InChI=1S/7C10H9N.3C9H8N2/c1-8-2-3-9-4-5-11-7-10(9)6-8;1-8-4-5-10-9(7-8)3-2-6-11-10;1-8-4-5-9-3-2-6-11-10(9)7-8;1-8-6-9-4-2-3-5-10(9)7-11-8;1-8-6-9-4-2-3-5-10(9)11-7-8;1-8-10-5-3-2-4-9(10)6-7-11-8;1-8-6-7-9-4-2-3-5-10(9)11-8;1-7-3-2-4-9-8(7)5-10-6-11-9;1-7-8-4-2-3-5-9(8)11-6-10-7;1-7-6-10-8-4-2-3-5-9(8)11-7/h7*2-7H,1H3;3*2-6H,1H3. The van der Waals surface area contributed by atoms with Crippen molar-refractivity contribution in [3.63, 3.8) is 0 Å². The van der Waals surface area contributed by atoms with Crippen molar-refractivity contribution in [1.82, 2.24) is 64.8 Å². The zero-order valence-electron chi connectivity index (χ0n) is 63.7. The normalized spacial score (nSPS) is 10.3. The van der Waals surface area contributed by atoms with Crippen molar-refractivity contribution in [1.29, 1.82) is 0 Å². The molecule has 13 heteroatoms. The molecule has 10 heterocycles. The molecule has 0 saturated carbocycles. The van der Waals surface area contributed by atoms with E-state index < -0.39 is 0 Å². The molecule has 0 unspecified atom stereocenters. The van der Waals surface area contributed by atoms with Crippen molar-refractivity contribution in [2.24, 2.45) is 0 Å². The molecule has 0 aliphatic heterocycles. The second kappa shape index (κ2) is 39.4. The van der Waals surface area contributed by atoms with Crippen LogP contribution in [0.15, 0.2) is 347 Å². The number of hydrogen-bond donors (Lipinski definition) is 0. The Morgan fingerprint density at radius 2 is 0.709 bits per heavy atom. The number of hydrogen-bond acceptors (Lipinski definition) is 13. The van der Waals surface area contributed by atoms with Gasteiger partial charge in [-0.3, -0.25) is 39.9 Å². The lowest BCUT2D eigenvalue weighted by Gasteiger charge is -1.97. The Labute approximate surface area is 642 Å². The zero-order chi connectivity index (χ0) is 76.8. The van der Waals surface area contributed by atoms with Gasteiger partial charge in [0.2, 0.25) is 0 Å². The first-order valence-electron chi connectivity index (χ1n) is 36.3. The average Bonchev–Trinajstić information content (AvgIpc) is 0.836. The van der Waals surface area contributed by atoms with E-state index in [2.05, 4.69) is 221 Å². The second-order valence-electron chi connectivity index (χ2n) is 26.3. The van der Waals surface area contributed by atoms with Crippen LogP contribution < -0.4 is 0 Å². The number of rotatable bonds is 0. The van der Waals surface area contributed by atoms with Crippen molar-refractivity contribution >= 4 is 109 Å². The van der Waals surface area contributed by atoms with Crippen LogP contribution in [0.25, 0.3) is 109 Å². The van der Waals surface area contributed by atoms with Gasteiger partial charge in [0, 0.05) is 127 Å². The molecule has 20 rings (SSSR count). The van der Waals surface area contributed by atoms with Gasteiger partial charge in [-0.05, 0) is 205 Å². The molecule has 13 nitrogen and oxygen atoms in total. The van der Waals surface area contributed by atoms with Crippen molar-refractivity contribution in [3.8, 4) is 0 Å². The van der Waals surface area contributed by atoms with Gasteiger partial charge in [0.15, 0.2) is 0 Å². The number of aryl methyl sites for hydroxylation is 10. The highest BCUT2D eigenvalue weighted by Gasteiger charge is 2.01. The molecule has 0 fully saturated rings. The summed E-state index contributed by atoms with van der Waals surface area (Å²) in [6, 6.07) is 94.1. The summed E-state index contributed by atoms with van der Waals surface area (Å²) < 4.78 is 0. The molecule has 0 N–H and O–H groups in total. The maximum Gasteiger partial charge on any atom is 0.116 e. The number of fused-ring (bicyclic) bond motifs is 10. The largest absolute Gasteiger partial charge is 0.264 e. The van der Waals surface area contributed by atoms with Crippen molar-refractivity contribution < 1.29 is 0 Å². The van der Waals surface area contributed by atoms with E-state index in [4.69, 9.17) is 0 Å². The van der Waals surface area contributed by atoms with E-state index in [-0.39, 0.29) is 0 Å². The van der Waals surface area contributed by atoms with Gasteiger partial charge >= 0.3 is 0 Å². The highest BCUT2D eigenvalue weighted by atomic mass is 14.8. The van der Waals surface area contributed by atoms with Crippen LogP contribution in [0.4, 0.5) is 0 Å². The molecule has 0 aliphatic carbocycles. The molecule has 0 bridgehead atoms. The third-order valence-corrected chi connectivity index (χ3v) is 17.5. The first-order valence-corrected chi connectivity index (χ1v) is 36.3. The minimum Gasteiger partial charge on any atom is -0.264 e. The van der Waals surface area contributed by atoms with E-state index in [1.807, 2.05) is 242 Å². The van der Waals surface area contributed by atoms with E-state index in [9.17, 15) is 0 Å². The molecule has 20 aromatic rings. The van der Waals surface area contributed by atoms with Crippen molar-refractivity contribution in [3.05, 3.63) is 404 Å². The van der Waals surface area contributed by atoms with E-state index >= 15 is 0 Å². The van der Waals surface area contributed by atoms with Crippen LogP contribution in [0.3, 0.4) is 0 Å². The Kier molecular flexibility index (Phi) is 27.7. The zero-order valence-corrected chi connectivity index (χ0v) is 63.7. The molecule has 0 amide bonds. The van der Waals surface area contributed by atoms with E-state index in [1.165, 1.54) is 81.7 Å². The Morgan fingerprint density at radius 3 is 1.46 bits per heavy atom. The van der Waals surface area contributed by atoms with E-state index in [1.54, 1.807) is 18.9 Å². The molecule has 0 aliphatic rings. The van der Waals surface area contributed by atoms with Crippen LogP contribution in [0.2, 0.25) is 0 Å². The van der Waals surface area contributed by atoms with Gasteiger partial charge in [-0.15, -0.1) is 0 Å². The lowest BCUT2D eigenvalue weighted by Crippen LogP contribution is -1.85. The average molecular weight is 1430 g/mol. The first kappa shape index (κ1) is 77.2. The lowest BCUT2D eigenvalue weighted by molar-refractivity contribution is 1.15. The van der Waals surface area contributed by atoms with E-state index in [0.717, 1.165) is 83.4 Å². The Hall–Kier alpha value is -13.9. The predicted molar refractivity (Wildman–Crippen MR) is 458 cm³/mol. The summed E-state index contributed by atoms with van der Waals surface area (Å²) in [7, 11) is 0. The van der Waals surface area contributed by atoms with E-state index in [0.29, 0.717) is 0 Å². The maximum absolute atomic E-state index is 4.38. The number of nitrogens with zero attached hydrogens (tertiary/aromatic N) is 13. The summed E-state index contributed by atoms with van der Waals surface area (Å²) in [6.07, 6.45) is 19.8. The van der Waals surface area contributed by atoms with Crippen LogP contribution >= 0.6 is 0 Å². The predicted octanol–water partition coefficient (Wildman–Crippen LogP) is 23.6.